The lowest BCUT2D eigenvalue weighted by molar-refractivity contribution is -0.138. The Labute approximate surface area is 148 Å². The van der Waals surface area contributed by atoms with Gasteiger partial charge in [0.1, 0.15) is 0 Å². The van der Waals surface area contributed by atoms with Crippen molar-refractivity contribution in [1.29, 1.82) is 0 Å². The van der Waals surface area contributed by atoms with Gasteiger partial charge in [0.25, 0.3) is 0 Å². The van der Waals surface area contributed by atoms with Crippen molar-refractivity contribution < 1.29 is 4.79 Å². The van der Waals surface area contributed by atoms with Gasteiger partial charge in [0.05, 0.1) is 16.6 Å². The molecule has 5 nitrogen and oxygen atoms in total. The van der Waals surface area contributed by atoms with Crippen molar-refractivity contribution in [3.8, 4) is 0 Å². The molecule has 0 radical (unpaired) electrons. The maximum atomic E-state index is 13.0. The van der Waals surface area contributed by atoms with Crippen molar-refractivity contribution in [2.75, 3.05) is 37.6 Å². The highest BCUT2D eigenvalue weighted by Crippen LogP contribution is 2.33. The SMILES string of the molecule is O=C(C1CCCC2CNNC21)N1CCN(c2ccccc2Cl)CC1. The number of halogens is 1. The number of para-hydroxylation sites is 1. The van der Waals surface area contributed by atoms with Gasteiger partial charge in [-0.3, -0.25) is 15.6 Å². The van der Waals surface area contributed by atoms with Crippen LogP contribution in [-0.2, 0) is 4.79 Å². The third kappa shape index (κ3) is 3.01. The van der Waals surface area contributed by atoms with E-state index in [1.165, 1.54) is 12.8 Å². The Morgan fingerprint density at radius 2 is 1.92 bits per heavy atom. The topological polar surface area (TPSA) is 47.6 Å². The van der Waals surface area contributed by atoms with Crippen LogP contribution in [0.25, 0.3) is 0 Å². The number of nitrogens with zero attached hydrogens (tertiary/aromatic N) is 2. The van der Waals surface area contributed by atoms with Crippen LogP contribution in [0, 0.1) is 11.8 Å². The molecule has 2 heterocycles. The van der Waals surface area contributed by atoms with Gasteiger partial charge in [0, 0.05) is 38.8 Å². The minimum atomic E-state index is 0.130. The predicted molar refractivity (Wildman–Crippen MR) is 96.0 cm³/mol. The van der Waals surface area contributed by atoms with Gasteiger partial charge in [0.15, 0.2) is 0 Å². The predicted octanol–water partition coefficient (Wildman–Crippen LogP) is 1.88. The lowest BCUT2D eigenvalue weighted by Crippen LogP contribution is -2.54. The fourth-order valence-corrected chi connectivity index (χ4v) is 4.69. The lowest BCUT2D eigenvalue weighted by Gasteiger charge is -2.40. The van der Waals surface area contributed by atoms with Crippen LogP contribution in [0.2, 0.25) is 5.02 Å². The fourth-order valence-electron chi connectivity index (χ4n) is 4.43. The average Bonchev–Trinajstić information content (AvgIpc) is 3.10. The van der Waals surface area contributed by atoms with Crippen molar-refractivity contribution in [1.82, 2.24) is 15.8 Å². The maximum Gasteiger partial charge on any atom is 0.227 e. The molecule has 1 aromatic rings. The summed E-state index contributed by atoms with van der Waals surface area (Å²) in [5.74, 6) is 1.07. The number of anilines is 1. The van der Waals surface area contributed by atoms with E-state index in [9.17, 15) is 4.79 Å². The molecule has 3 unspecified atom stereocenters. The summed E-state index contributed by atoms with van der Waals surface area (Å²) in [6, 6.07) is 8.26. The van der Waals surface area contributed by atoms with Gasteiger partial charge in [-0.25, -0.2) is 0 Å². The van der Waals surface area contributed by atoms with Gasteiger partial charge < -0.3 is 9.80 Å². The average molecular weight is 349 g/mol. The van der Waals surface area contributed by atoms with E-state index < -0.39 is 0 Å². The van der Waals surface area contributed by atoms with Crippen molar-refractivity contribution in [3.63, 3.8) is 0 Å². The van der Waals surface area contributed by atoms with Crippen LogP contribution in [0.5, 0.6) is 0 Å². The summed E-state index contributed by atoms with van der Waals surface area (Å²) in [4.78, 5) is 17.4. The van der Waals surface area contributed by atoms with Crippen molar-refractivity contribution in [2.45, 2.75) is 25.3 Å². The molecule has 6 heteroatoms. The first-order valence-electron chi connectivity index (χ1n) is 9.00. The minimum absolute atomic E-state index is 0.130. The minimum Gasteiger partial charge on any atom is -0.367 e. The van der Waals surface area contributed by atoms with E-state index in [0.717, 1.165) is 49.9 Å². The lowest BCUT2D eigenvalue weighted by atomic mass is 9.77. The molecule has 0 bridgehead atoms. The second-order valence-corrected chi connectivity index (χ2v) is 7.52. The Morgan fingerprint density at radius 3 is 2.71 bits per heavy atom. The molecular weight excluding hydrogens is 324 g/mol. The van der Waals surface area contributed by atoms with Crippen LogP contribution in [-0.4, -0.2) is 49.6 Å². The third-order valence-corrected chi connectivity index (χ3v) is 6.09. The molecule has 2 aliphatic heterocycles. The fraction of sp³-hybridized carbons (Fsp3) is 0.611. The highest BCUT2D eigenvalue weighted by Gasteiger charge is 2.42. The summed E-state index contributed by atoms with van der Waals surface area (Å²) in [5, 5.41) is 0.786. The third-order valence-electron chi connectivity index (χ3n) is 5.77. The Morgan fingerprint density at radius 1 is 1.12 bits per heavy atom. The highest BCUT2D eigenvalue weighted by atomic mass is 35.5. The van der Waals surface area contributed by atoms with Crippen molar-refractivity contribution in [3.05, 3.63) is 29.3 Å². The number of carbonyl (C=O) groups excluding carboxylic acids is 1. The second-order valence-electron chi connectivity index (χ2n) is 7.11. The van der Waals surface area contributed by atoms with Crippen LogP contribution in [0.15, 0.2) is 24.3 Å². The molecule has 1 saturated carbocycles. The molecule has 3 atom stereocenters. The molecule has 0 spiro atoms. The van der Waals surface area contributed by atoms with Crippen molar-refractivity contribution >= 4 is 23.2 Å². The summed E-state index contributed by atoms with van der Waals surface area (Å²) >= 11 is 6.30. The molecule has 0 aromatic heterocycles. The largest absolute Gasteiger partial charge is 0.367 e. The number of carbonyl (C=O) groups is 1. The van der Waals surface area contributed by atoms with Crippen LogP contribution in [0.4, 0.5) is 5.69 Å². The quantitative estimate of drug-likeness (QED) is 0.856. The van der Waals surface area contributed by atoms with E-state index in [0.29, 0.717) is 17.9 Å². The molecule has 130 valence electrons. The van der Waals surface area contributed by atoms with Gasteiger partial charge >= 0.3 is 0 Å². The van der Waals surface area contributed by atoms with Crippen LogP contribution in [0.3, 0.4) is 0 Å². The number of fused-ring (bicyclic) bond motifs is 1. The smallest absolute Gasteiger partial charge is 0.227 e. The molecule has 1 aromatic carbocycles. The van der Waals surface area contributed by atoms with E-state index in [1.54, 1.807) is 0 Å². The number of hydrazine groups is 1. The van der Waals surface area contributed by atoms with Crippen molar-refractivity contribution in [2.24, 2.45) is 11.8 Å². The highest BCUT2D eigenvalue weighted by molar-refractivity contribution is 6.33. The molecule has 3 aliphatic rings. The zero-order chi connectivity index (χ0) is 16.5. The van der Waals surface area contributed by atoms with Crippen LogP contribution in [0.1, 0.15) is 19.3 Å². The molecule has 3 fully saturated rings. The molecule has 2 N–H and O–H groups in total. The van der Waals surface area contributed by atoms with Gasteiger partial charge in [-0.1, -0.05) is 30.2 Å². The van der Waals surface area contributed by atoms with Gasteiger partial charge in [0.2, 0.25) is 5.91 Å². The van der Waals surface area contributed by atoms with E-state index in [2.05, 4.69) is 26.7 Å². The number of benzene rings is 1. The first-order chi connectivity index (χ1) is 11.7. The van der Waals surface area contributed by atoms with E-state index >= 15 is 0 Å². The number of piperazine rings is 1. The summed E-state index contributed by atoms with van der Waals surface area (Å²) in [6.07, 6.45) is 3.41. The van der Waals surface area contributed by atoms with E-state index in [1.807, 2.05) is 18.2 Å². The number of amides is 1. The summed E-state index contributed by atoms with van der Waals surface area (Å²) in [7, 11) is 0. The monoisotopic (exact) mass is 348 g/mol. The Bertz CT molecular complexity index is 602. The van der Waals surface area contributed by atoms with E-state index in [-0.39, 0.29) is 5.92 Å². The van der Waals surface area contributed by atoms with Gasteiger partial charge in [-0.15, -0.1) is 0 Å². The second kappa shape index (κ2) is 6.90. The molecule has 1 amide bonds. The van der Waals surface area contributed by atoms with Gasteiger partial charge in [-0.05, 0) is 30.9 Å². The first kappa shape index (κ1) is 16.2. The molecule has 1 aliphatic carbocycles. The normalized spacial score (nSPS) is 30.3. The van der Waals surface area contributed by atoms with E-state index in [4.69, 9.17) is 11.6 Å². The molecule has 24 heavy (non-hydrogen) atoms. The Kier molecular flexibility index (Phi) is 4.66. The van der Waals surface area contributed by atoms with Gasteiger partial charge in [-0.2, -0.15) is 0 Å². The summed E-state index contributed by atoms with van der Waals surface area (Å²) in [5.41, 5.74) is 7.66. The van der Waals surface area contributed by atoms with Crippen LogP contribution >= 0.6 is 11.6 Å². The maximum absolute atomic E-state index is 13.0. The molecular formula is C18H25ClN4O. The van der Waals surface area contributed by atoms with Crippen LogP contribution < -0.4 is 15.8 Å². The zero-order valence-electron chi connectivity index (χ0n) is 13.9. The Hall–Kier alpha value is -1.30. The molecule has 2 saturated heterocycles. The standard InChI is InChI=1S/C18H25ClN4O/c19-15-6-1-2-7-16(15)22-8-10-23(11-9-22)18(24)14-5-3-4-13-12-20-21-17(13)14/h1-2,6-7,13-14,17,20-21H,3-5,8-12H2. The number of hydrogen-bond donors (Lipinski definition) is 2. The number of hydrogen-bond acceptors (Lipinski definition) is 4. The zero-order valence-corrected chi connectivity index (χ0v) is 14.6. The molecule has 4 rings (SSSR count). The first-order valence-corrected chi connectivity index (χ1v) is 9.38. The summed E-state index contributed by atoms with van der Waals surface area (Å²) < 4.78 is 0. The summed E-state index contributed by atoms with van der Waals surface area (Å²) in [6.45, 7) is 4.26. The number of rotatable bonds is 2. The number of nitrogens with one attached hydrogen (secondary N) is 2. The Balaban J connectivity index is 1.39.